The summed E-state index contributed by atoms with van der Waals surface area (Å²) in [4.78, 5) is 14.4. The smallest absolute Gasteiger partial charge is 0.163 e. The van der Waals surface area contributed by atoms with Crippen LogP contribution in [0.2, 0.25) is 0 Å². The van der Waals surface area contributed by atoms with Gasteiger partial charge in [-0.25, -0.2) is 9.97 Å². The van der Waals surface area contributed by atoms with Gasteiger partial charge in [0.2, 0.25) is 0 Å². The summed E-state index contributed by atoms with van der Waals surface area (Å²) in [5.74, 6) is 2.86. The quantitative estimate of drug-likeness (QED) is 0.673. The van der Waals surface area contributed by atoms with Crippen molar-refractivity contribution in [3.05, 3.63) is 36.4 Å². The van der Waals surface area contributed by atoms with Gasteiger partial charge >= 0.3 is 0 Å². The molecule has 0 radical (unpaired) electrons. The molecule has 0 spiro atoms. The predicted molar refractivity (Wildman–Crippen MR) is 104 cm³/mol. The molecule has 1 heterocycles. The van der Waals surface area contributed by atoms with E-state index in [-0.39, 0.29) is 0 Å². The summed E-state index contributed by atoms with van der Waals surface area (Å²) in [5.41, 5.74) is 1.07. The average molecular weight is 326 g/mol. The predicted octanol–water partition coefficient (Wildman–Crippen LogP) is 4.62. The van der Waals surface area contributed by atoms with E-state index in [1.165, 1.54) is 0 Å². The van der Waals surface area contributed by atoms with Crippen molar-refractivity contribution in [1.82, 2.24) is 9.97 Å². The lowest BCUT2D eigenvalue weighted by Crippen LogP contribution is -2.28. The molecule has 0 bridgehead atoms. The van der Waals surface area contributed by atoms with E-state index in [4.69, 9.17) is 9.97 Å². The molecular weight excluding hydrogens is 296 g/mol. The van der Waals surface area contributed by atoms with Gasteiger partial charge in [-0.05, 0) is 26.7 Å². The van der Waals surface area contributed by atoms with Crippen molar-refractivity contribution >= 4 is 11.6 Å². The molecule has 2 rings (SSSR count). The molecule has 0 saturated carbocycles. The third kappa shape index (κ3) is 4.47. The highest BCUT2D eigenvalue weighted by Gasteiger charge is 2.14. The highest BCUT2D eigenvalue weighted by molar-refractivity contribution is 5.62. The summed E-state index contributed by atoms with van der Waals surface area (Å²) in [5, 5.41) is 0. The molecular formula is C20H30N4. The van der Waals surface area contributed by atoms with Crippen LogP contribution in [0.25, 0.3) is 11.4 Å². The topological polar surface area (TPSA) is 32.3 Å². The molecule has 4 heteroatoms. The van der Waals surface area contributed by atoms with Crippen molar-refractivity contribution in [2.45, 2.75) is 40.5 Å². The van der Waals surface area contributed by atoms with Crippen LogP contribution in [0, 0.1) is 0 Å². The molecule has 0 fully saturated rings. The molecule has 0 aliphatic rings. The normalized spacial score (nSPS) is 10.7. The van der Waals surface area contributed by atoms with Crippen LogP contribution in [0.1, 0.15) is 40.5 Å². The molecule has 1 aromatic heterocycles. The summed E-state index contributed by atoms with van der Waals surface area (Å²) in [6.07, 6.45) is 2.23. The average Bonchev–Trinajstić information content (AvgIpc) is 2.63. The minimum Gasteiger partial charge on any atom is -0.357 e. The third-order valence-corrected chi connectivity index (χ3v) is 4.13. The first-order valence-electron chi connectivity index (χ1n) is 9.17. The van der Waals surface area contributed by atoms with Gasteiger partial charge in [0.15, 0.2) is 5.82 Å². The Morgan fingerprint density at radius 1 is 0.750 bits per heavy atom. The Hall–Kier alpha value is -2.10. The van der Waals surface area contributed by atoms with Gasteiger partial charge in [0.05, 0.1) is 0 Å². The van der Waals surface area contributed by atoms with Crippen molar-refractivity contribution in [1.29, 1.82) is 0 Å². The number of nitrogens with zero attached hydrogens (tertiary/aromatic N) is 4. The zero-order valence-corrected chi connectivity index (χ0v) is 15.5. The van der Waals surface area contributed by atoms with Gasteiger partial charge in [0.25, 0.3) is 0 Å². The highest BCUT2D eigenvalue weighted by Crippen LogP contribution is 2.25. The van der Waals surface area contributed by atoms with Crippen LogP contribution >= 0.6 is 0 Å². The number of hydrogen-bond acceptors (Lipinski definition) is 4. The summed E-state index contributed by atoms with van der Waals surface area (Å²) in [7, 11) is 0. The molecule has 0 unspecified atom stereocenters. The minimum absolute atomic E-state index is 0.812. The van der Waals surface area contributed by atoms with Crippen molar-refractivity contribution < 1.29 is 0 Å². The standard InChI is InChI=1S/C20H30N4/c1-5-14-24(15-6-2)19-16-18(23(7-3)8-4)21-20(22-19)17-12-10-9-11-13-17/h9-13,16H,5-8,14-15H2,1-4H3. The van der Waals surface area contributed by atoms with Gasteiger partial charge in [-0.2, -0.15) is 0 Å². The second kappa shape index (κ2) is 9.26. The van der Waals surface area contributed by atoms with Crippen LogP contribution in [-0.2, 0) is 0 Å². The van der Waals surface area contributed by atoms with E-state index >= 15 is 0 Å². The van der Waals surface area contributed by atoms with Gasteiger partial charge in [0, 0.05) is 37.8 Å². The first-order valence-corrected chi connectivity index (χ1v) is 9.17. The zero-order valence-electron chi connectivity index (χ0n) is 15.5. The fraction of sp³-hybridized carbons (Fsp3) is 0.500. The number of anilines is 2. The molecule has 0 saturated heterocycles. The van der Waals surface area contributed by atoms with Crippen molar-refractivity contribution in [3.8, 4) is 11.4 Å². The minimum atomic E-state index is 0.812. The molecule has 0 amide bonds. The maximum atomic E-state index is 4.88. The van der Waals surface area contributed by atoms with E-state index in [1.54, 1.807) is 0 Å². The number of rotatable bonds is 9. The SMILES string of the molecule is CCCN(CCC)c1cc(N(CC)CC)nc(-c2ccccc2)n1. The third-order valence-electron chi connectivity index (χ3n) is 4.13. The van der Waals surface area contributed by atoms with E-state index in [9.17, 15) is 0 Å². The fourth-order valence-electron chi connectivity index (χ4n) is 2.89. The number of hydrogen-bond donors (Lipinski definition) is 0. The Morgan fingerprint density at radius 2 is 1.29 bits per heavy atom. The van der Waals surface area contributed by atoms with Crippen LogP contribution < -0.4 is 9.80 Å². The Kier molecular flexibility index (Phi) is 7.04. The van der Waals surface area contributed by atoms with Crippen molar-refractivity contribution in [3.63, 3.8) is 0 Å². The first-order chi connectivity index (χ1) is 11.7. The molecule has 4 nitrogen and oxygen atoms in total. The lowest BCUT2D eigenvalue weighted by atomic mass is 10.2. The van der Waals surface area contributed by atoms with E-state index in [0.717, 1.165) is 62.0 Å². The monoisotopic (exact) mass is 326 g/mol. The second-order valence-electron chi connectivity index (χ2n) is 5.93. The van der Waals surface area contributed by atoms with Gasteiger partial charge in [-0.1, -0.05) is 44.2 Å². The molecule has 0 atom stereocenters. The molecule has 0 aliphatic carbocycles. The van der Waals surface area contributed by atoms with Crippen LogP contribution in [0.3, 0.4) is 0 Å². The maximum Gasteiger partial charge on any atom is 0.163 e. The maximum absolute atomic E-state index is 4.88. The summed E-state index contributed by atoms with van der Waals surface area (Å²) < 4.78 is 0. The van der Waals surface area contributed by atoms with Crippen LogP contribution in [0.5, 0.6) is 0 Å². The van der Waals surface area contributed by atoms with Gasteiger partial charge in [0.1, 0.15) is 11.6 Å². The Morgan fingerprint density at radius 3 is 1.79 bits per heavy atom. The largest absolute Gasteiger partial charge is 0.357 e. The Balaban J connectivity index is 2.50. The Labute approximate surface area is 146 Å². The van der Waals surface area contributed by atoms with E-state index in [0.29, 0.717) is 0 Å². The van der Waals surface area contributed by atoms with Crippen molar-refractivity contribution in [2.24, 2.45) is 0 Å². The fourth-order valence-corrected chi connectivity index (χ4v) is 2.89. The van der Waals surface area contributed by atoms with Crippen molar-refractivity contribution in [2.75, 3.05) is 36.0 Å². The van der Waals surface area contributed by atoms with E-state index in [1.807, 2.05) is 18.2 Å². The molecule has 130 valence electrons. The number of aromatic nitrogens is 2. The summed E-state index contributed by atoms with van der Waals surface area (Å²) in [6, 6.07) is 12.4. The van der Waals surface area contributed by atoms with E-state index < -0.39 is 0 Å². The molecule has 2 aromatic rings. The summed E-state index contributed by atoms with van der Waals surface area (Å²) >= 11 is 0. The zero-order chi connectivity index (χ0) is 17.4. The Bertz CT molecular complexity index is 602. The van der Waals surface area contributed by atoms with E-state index in [2.05, 4.69) is 55.7 Å². The molecule has 0 N–H and O–H groups in total. The van der Waals surface area contributed by atoms with Crippen LogP contribution in [0.4, 0.5) is 11.6 Å². The van der Waals surface area contributed by atoms with Crippen LogP contribution in [-0.4, -0.2) is 36.1 Å². The van der Waals surface area contributed by atoms with Crippen LogP contribution in [0.15, 0.2) is 36.4 Å². The van der Waals surface area contributed by atoms with Gasteiger partial charge in [-0.15, -0.1) is 0 Å². The lowest BCUT2D eigenvalue weighted by Gasteiger charge is -2.26. The lowest BCUT2D eigenvalue weighted by molar-refractivity contribution is 0.731. The molecule has 24 heavy (non-hydrogen) atoms. The van der Waals surface area contributed by atoms with Gasteiger partial charge < -0.3 is 9.80 Å². The highest BCUT2D eigenvalue weighted by atomic mass is 15.2. The number of benzene rings is 1. The summed E-state index contributed by atoms with van der Waals surface area (Å²) in [6.45, 7) is 12.7. The molecule has 1 aromatic carbocycles. The first kappa shape index (κ1) is 18.2. The second-order valence-corrected chi connectivity index (χ2v) is 5.93. The van der Waals surface area contributed by atoms with Gasteiger partial charge in [-0.3, -0.25) is 0 Å². The molecule has 0 aliphatic heterocycles.